The van der Waals surface area contributed by atoms with Crippen molar-refractivity contribution < 1.29 is 31.1 Å². The molecule has 0 aromatic heterocycles. The van der Waals surface area contributed by atoms with E-state index in [2.05, 4.69) is 0 Å². The van der Waals surface area contributed by atoms with Gasteiger partial charge in [0.05, 0.1) is 0 Å². The van der Waals surface area contributed by atoms with Gasteiger partial charge in [0, 0.05) is 0 Å². The third-order valence-electron chi connectivity index (χ3n) is 0. The Hall–Kier alpha value is 0.498. The molecule has 6 heteroatoms. The zero-order valence-electron chi connectivity index (χ0n) is 2.53. The maximum atomic E-state index is 8.87. The zero-order valence-corrected chi connectivity index (χ0v) is 6.28. The molecule has 0 amide bonds. The van der Waals surface area contributed by atoms with Gasteiger partial charge in [0.25, 0.3) is 0 Å². The van der Waals surface area contributed by atoms with Crippen molar-refractivity contribution in [2.24, 2.45) is 0 Å². The maximum absolute atomic E-state index is 8.87. The summed E-state index contributed by atoms with van der Waals surface area (Å²) in [5.74, 6) is 0. The van der Waals surface area contributed by atoms with Gasteiger partial charge in [-0.1, -0.05) is 0 Å². The van der Waals surface area contributed by atoms with Crippen LogP contribution in [0.5, 0.6) is 0 Å². The predicted octanol–water partition coefficient (Wildman–Crippen LogP) is -0.932. The number of hydrogen-bond donors (Lipinski definition) is 2. The number of halogens is 1. The van der Waals surface area contributed by atoms with E-state index in [4.69, 9.17) is 14.3 Å². The van der Waals surface area contributed by atoms with E-state index in [1.54, 1.807) is 0 Å². The van der Waals surface area contributed by atoms with E-state index in [0.29, 0.717) is 0 Å². The molecule has 2 N–H and O–H groups in total. The minimum atomic E-state index is -5.67. The molecule has 0 heterocycles. The monoisotopic (exact) mass is 286 g/mol. The Labute approximate surface area is 43.9 Å². The molecule has 0 aromatic carbocycles. The molecular weight excluding hydrogens is 283 g/mol. The van der Waals surface area contributed by atoms with Gasteiger partial charge < -0.3 is 0 Å². The molecule has 0 aliphatic heterocycles. The van der Waals surface area contributed by atoms with Gasteiger partial charge in [0.2, 0.25) is 0 Å². The Morgan fingerprint density at radius 3 is 1.17 bits per heavy atom. The fourth-order valence-corrected chi connectivity index (χ4v) is 0. The second kappa shape index (κ2) is 2.63. The fourth-order valence-electron chi connectivity index (χ4n) is 0. The molecule has 0 aliphatic carbocycles. The van der Waals surface area contributed by atoms with Crippen molar-refractivity contribution in [1.29, 1.82) is 0 Å². The van der Waals surface area contributed by atoms with E-state index >= 15 is 0 Å². The first-order chi connectivity index (χ1) is 2.00. The molecular formula is H3ClO4W. The summed E-state index contributed by atoms with van der Waals surface area (Å²) in [4.78, 5) is 0. The summed E-state index contributed by atoms with van der Waals surface area (Å²) in [6.45, 7) is 0. The molecule has 0 bridgehead atoms. The van der Waals surface area contributed by atoms with E-state index in [0.717, 1.165) is 0 Å². The molecule has 0 spiro atoms. The van der Waals surface area contributed by atoms with Crippen molar-refractivity contribution in [3.63, 3.8) is 0 Å². The van der Waals surface area contributed by atoms with Crippen LogP contribution >= 0.6 is 12.4 Å². The quantitative estimate of drug-likeness (QED) is 0.603. The third-order valence-corrected chi connectivity index (χ3v) is 0. The van der Waals surface area contributed by atoms with Gasteiger partial charge in [0.1, 0.15) is 0 Å². The first-order valence-electron chi connectivity index (χ1n) is 0.698. The van der Waals surface area contributed by atoms with Gasteiger partial charge in [-0.15, -0.1) is 12.4 Å². The van der Waals surface area contributed by atoms with Crippen LogP contribution in [0.1, 0.15) is 0 Å². The Morgan fingerprint density at radius 1 is 1.17 bits per heavy atom. The molecule has 0 saturated heterocycles. The van der Waals surface area contributed by atoms with Gasteiger partial charge in [-0.05, 0) is 0 Å². The Morgan fingerprint density at radius 2 is 1.17 bits per heavy atom. The first-order valence-corrected chi connectivity index (χ1v) is 5.72. The molecule has 0 aliphatic rings. The van der Waals surface area contributed by atoms with Crippen LogP contribution in [0.25, 0.3) is 0 Å². The summed E-state index contributed by atoms with van der Waals surface area (Å²) in [7, 11) is 0. The van der Waals surface area contributed by atoms with Gasteiger partial charge in [-0.25, -0.2) is 0 Å². The third kappa shape index (κ3) is 222. The second-order valence-corrected chi connectivity index (χ2v) is 3.67. The molecule has 4 nitrogen and oxygen atoms in total. The van der Waals surface area contributed by atoms with E-state index in [-0.39, 0.29) is 12.4 Å². The Bertz CT molecular complexity index is 90.7. The van der Waals surface area contributed by atoms with Crippen molar-refractivity contribution in [2.45, 2.75) is 0 Å². The molecule has 0 unspecified atom stereocenters. The molecule has 0 atom stereocenters. The zero-order chi connectivity index (χ0) is 4.50. The Balaban J connectivity index is 0. The summed E-state index contributed by atoms with van der Waals surface area (Å²) in [5.41, 5.74) is 0. The average molecular weight is 286 g/mol. The van der Waals surface area contributed by atoms with Crippen molar-refractivity contribution in [1.82, 2.24) is 0 Å². The van der Waals surface area contributed by atoms with Crippen LogP contribution in [0.15, 0.2) is 0 Å². The van der Waals surface area contributed by atoms with Crippen LogP contribution in [0.2, 0.25) is 0 Å². The average Bonchev–Trinajstić information content (AvgIpc) is 0.722. The van der Waals surface area contributed by atoms with Gasteiger partial charge >= 0.3 is 31.1 Å². The van der Waals surface area contributed by atoms with Crippen molar-refractivity contribution in [3.8, 4) is 0 Å². The van der Waals surface area contributed by atoms with E-state index in [1.807, 2.05) is 0 Å². The summed E-state index contributed by atoms with van der Waals surface area (Å²) >= 11 is -5.67. The predicted molar refractivity (Wildman–Crippen MR) is 13.1 cm³/mol. The number of hydrogen-bond acceptors (Lipinski definition) is 2. The van der Waals surface area contributed by atoms with Gasteiger partial charge in [-0.2, -0.15) is 0 Å². The van der Waals surface area contributed by atoms with E-state index in [9.17, 15) is 0 Å². The molecule has 0 rings (SSSR count). The van der Waals surface area contributed by atoms with Crippen LogP contribution < -0.4 is 0 Å². The van der Waals surface area contributed by atoms with Gasteiger partial charge in [0.15, 0.2) is 0 Å². The summed E-state index contributed by atoms with van der Waals surface area (Å²) in [6, 6.07) is 0. The van der Waals surface area contributed by atoms with Crippen LogP contribution in [-0.2, 0) is 23.5 Å². The van der Waals surface area contributed by atoms with Crippen molar-refractivity contribution in [3.05, 3.63) is 0 Å². The molecule has 6 heavy (non-hydrogen) atoms. The molecule has 40 valence electrons. The normalized spacial score (nSPS) is 9.67. The SMILES string of the molecule is Cl.[O]=[W](=[O])([OH])[OH]. The number of rotatable bonds is 0. The molecule has 0 radical (unpaired) electrons. The van der Waals surface area contributed by atoms with Crippen molar-refractivity contribution >= 4 is 12.4 Å². The van der Waals surface area contributed by atoms with Crippen LogP contribution in [-0.4, -0.2) is 7.52 Å². The fraction of sp³-hybridized carbons (Fsp3) is 0. The van der Waals surface area contributed by atoms with E-state index < -0.39 is 16.7 Å². The minimum absolute atomic E-state index is 0. The molecule has 0 aromatic rings. The molecule has 0 fully saturated rings. The topological polar surface area (TPSA) is 74.6 Å². The summed E-state index contributed by atoms with van der Waals surface area (Å²) in [5, 5.41) is 0. The van der Waals surface area contributed by atoms with E-state index in [1.165, 1.54) is 0 Å². The van der Waals surface area contributed by atoms with Crippen LogP contribution in [0, 0.1) is 0 Å². The van der Waals surface area contributed by atoms with Gasteiger partial charge in [-0.3, -0.25) is 0 Å². The standard InChI is InChI=1S/ClH.2H2O.2O.W/h1H;2*1H2;;;/q;;;;;+2/p-2. The first kappa shape index (κ1) is 9.71. The molecule has 0 saturated carbocycles. The summed E-state index contributed by atoms with van der Waals surface area (Å²) < 4.78 is 32.1. The van der Waals surface area contributed by atoms with Crippen LogP contribution in [0.4, 0.5) is 0 Å². The van der Waals surface area contributed by atoms with Crippen molar-refractivity contribution in [2.75, 3.05) is 0 Å². The Kier molecular flexibility index (Phi) is 4.26. The second-order valence-electron chi connectivity index (χ2n) is 0.448. The summed E-state index contributed by atoms with van der Waals surface area (Å²) in [6.07, 6.45) is 0. The van der Waals surface area contributed by atoms with Crippen LogP contribution in [0.3, 0.4) is 0 Å².